The molecule has 0 saturated heterocycles. The Morgan fingerprint density at radius 2 is 1.79 bits per heavy atom. The Balaban J connectivity index is 1.58. The summed E-state index contributed by atoms with van der Waals surface area (Å²) >= 11 is 3.18. The summed E-state index contributed by atoms with van der Waals surface area (Å²) in [6.07, 6.45) is 5.23. The number of anilines is 2. The lowest BCUT2D eigenvalue weighted by molar-refractivity contribution is 0.110. The molecule has 0 fully saturated rings. The van der Waals surface area contributed by atoms with Gasteiger partial charge in [-0.3, -0.25) is 9.78 Å². The number of hydrogen-bond acceptors (Lipinski definition) is 8. The zero-order valence-electron chi connectivity index (χ0n) is 15.5. The fourth-order valence-electron chi connectivity index (χ4n) is 2.71. The van der Waals surface area contributed by atoms with E-state index in [9.17, 15) is 4.79 Å². The molecule has 0 aliphatic rings. The first-order chi connectivity index (χ1) is 14.0. The SMILES string of the molecule is CSc1nc2nc(Nc3ccc(Oc4ccncc4)cc3)nn2c(C)c1C(=O)I. The van der Waals surface area contributed by atoms with Crippen molar-refractivity contribution in [1.82, 2.24) is 24.6 Å². The zero-order valence-corrected chi connectivity index (χ0v) is 18.4. The summed E-state index contributed by atoms with van der Waals surface area (Å²) in [5.74, 6) is 2.26. The van der Waals surface area contributed by atoms with Crippen LogP contribution >= 0.6 is 34.4 Å². The lowest BCUT2D eigenvalue weighted by Gasteiger charge is -2.07. The molecule has 29 heavy (non-hydrogen) atoms. The van der Waals surface area contributed by atoms with Gasteiger partial charge in [-0.15, -0.1) is 16.9 Å². The molecule has 1 N–H and O–H groups in total. The van der Waals surface area contributed by atoms with Crippen LogP contribution in [0.4, 0.5) is 11.6 Å². The lowest BCUT2D eigenvalue weighted by Crippen LogP contribution is -2.07. The van der Waals surface area contributed by atoms with E-state index in [4.69, 9.17) is 4.74 Å². The largest absolute Gasteiger partial charge is 0.457 e. The van der Waals surface area contributed by atoms with Crippen LogP contribution in [0, 0.1) is 6.92 Å². The molecule has 4 rings (SSSR count). The molecule has 3 aromatic heterocycles. The molecule has 8 nitrogen and oxygen atoms in total. The van der Waals surface area contributed by atoms with Crippen molar-refractivity contribution < 1.29 is 9.53 Å². The number of aromatic nitrogens is 5. The third-order valence-corrected chi connectivity index (χ3v) is 5.29. The van der Waals surface area contributed by atoms with Crippen LogP contribution in [0.5, 0.6) is 11.5 Å². The maximum atomic E-state index is 12.0. The predicted octanol–water partition coefficient (Wildman–Crippen LogP) is 4.66. The van der Waals surface area contributed by atoms with Gasteiger partial charge in [-0.05, 0) is 49.6 Å². The first-order valence-electron chi connectivity index (χ1n) is 8.51. The maximum Gasteiger partial charge on any atom is 0.255 e. The van der Waals surface area contributed by atoms with Crippen molar-refractivity contribution in [3.05, 3.63) is 60.0 Å². The van der Waals surface area contributed by atoms with E-state index in [0.717, 1.165) is 11.4 Å². The summed E-state index contributed by atoms with van der Waals surface area (Å²) in [5.41, 5.74) is 2.07. The number of pyridine rings is 1. The number of hydrogen-bond donors (Lipinski definition) is 1. The highest BCUT2D eigenvalue weighted by atomic mass is 127. The van der Waals surface area contributed by atoms with Crippen molar-refractivity contribution in [2.45, 2.75) is 11.9 Å². The van der Waals surface area contributed by atoms with Gasteiger partial charge in [-0.25, -0.2) is 4.98 Å². The number of thioether (sulfide) groups is 1. The minimum absolute atomic E-state index is 0.0753. The summed E-state index contributed by atoms with van der Waals surface area (Å²) in [4.78, 5) is 24.9. The van der Waals surface area contributed by atoms with Crippen LogP contribution in [-0.4, -0.2) is 34.6 Å². The van der Waals surface area contributed by atoms with Crippen molar-refractivity contribution in [3.8, 4) is 11.5 Å². The van der Waals surface area contributed by atoms with Crippen LogP contribution < -0.4 is 10.1 Å². The minimum Gasteiger partial charge on any atom is -0.457 e. The first-order valence-corrected chi connectivity index (χ1v) is 10.8. The van der Waals surface area contributed by atoms with Crippen molar-refractivity contribution >= 4 is 55.6 Å². The molecule has 10 heteroatoms. The predicted molar refractivity (Wildman–Crippen MR) is 120 cm³/mol. The van der Waals surface area contributed by atoms with Gasteiger partial charge in [-0.2, -0.15) is 9.50 Å². The molecule has 0 bridgehead atoms. The quantitative estimate of drug-likeness (QED) is 0.171. The first kappa shape index (κ1) is 19.6. The Kier molecular flexibility index (Phi) is 5.62. The number of nitrogens with one attached hydrogen (secondary N) is 1. The Labute approximate surface area is 184 Å². The van der Waals surface area contributed by atoms with Gasteiger partial charge in [-0.1, -0.05) is 0 Å². The summed E-state index contributed by atoms with van der Waals surface area (Å²) in [5, 5.41) is 8.25. The van der Waals surface area contributed by atoms with Gasteiger partial charge >= 0.3 is 0 Å². The Hall–Kier alpha value is -2.73. The Morgan fingerprint density at radius 1 is 1.10 bits per heavy atom. The molecule has 0 amide bonds. The molecule has 0 unspecified atom stereocenters. The number of fused-ring (bicyclic) bond motifs is 1. The highest BCUT2D eigenvalue weighted by molar-refractivity contribution is 14.1. The van der Waals surface area contributed by atoms with Crippen molar-refractivity contribution in [2.24, 2.45) is 0 Å². The minimum atomic E-state index is -0.0753. The molecule has 4 aromatic rings. The maximum absolute atomic E-state index is 12.0. The van der Waals surface area contributed by atoms with E-state index in [1.165, 1.54) is 11.8 Å². The Bertz CT molecular complexity index is 1180. The van der Waals surface area contributed by atoms with E-state index >= 15 is 0 Å². The van der Waals surface area contributed by atoms with Gasteiger partial charge in [0.25, 0.3) is 5.78 Å². The number of carbonyl (C=O) groups is 1. The second-order valence-corrected chi connectivity index (χ2v) is 7.71. The highest BCUT2D eigenvalue weighted by Crippen LogP contribution is 2.26. The van der Waals surface area contributed by atoms with Crippen LogP contribution in [0.1, 0.15) is 16.1 Å². The highest BCUT2D eigenvalue weighted by Gasteiger charge is 2.19. The number of aryl methyl sites for hydroxylation is 1. The fraction of sp³-hybridized carbons (Fsp3) is 0.105. The van der Waals surface area contributed by atoms with E-state index in [-0.39, 0.29) is 3.79 Å². The van der Waals surface area contributed by atoms with Crippen LogP contribution in [0.2, 0.25) is 0 Å². The molecule has 0 aliphatic carbocycles. The van der Waals surface area contributed by atoms with Gasteiger partial charge in [0.2, 0.25) is 9.74 Å². The third-order valence-electron chi connectivity index (χ3n) is 4.07. The molecule has 0 aliphatic heterocycles. The van der Waals surface area contributed by atoms with Crippen molar-refractivity contribution in [1.29, 1.82) is 0 Å². The zero-order chi connectivity index (χ0) is 20.4. The van der Waals surface area contributed by atoms with Crippen LogP contribution in [0.25, 0.3) is 5.78 Å². The van der Waals surface area contributed by atoms with Gasteiger partial charge in [0, 0.05) is 40.7 Å². The standard InChI is InChI=1S/C19H15IN6O2S/c1-11-15(16(20)27)17(29-2)23-19-24-18(25-26(11)19)22-12-3-5-13(6-4-12)28-14-7-9-21-10-8-14/h3-10H,1-2H3,(H,22,25). The molecule has 146 valence electrons. The summed E-state index contributed by atoms with van der Waals surface area (Å²) < 4.78 is 7.26. The molecule has 0 saturated carbocycles. The summed E-state index contributed by atoms with van der Waals surface area (Å²) in [6.45, 7) is 1.84. The van der Waals surface area contributed by atoms with Crippen LogP contribution in [-0.2, 0) is 0 Å². The van der Waals surface area contributed by atoms with E-state index < -0.39 is 0 Å². The van der Waals surface area contributed by atoms with E-state index in [0.29, 0.717) is 33.8 Å². The lowest BCUT2D eigenvalue weighted by atomic mass is 10.3. The number of ether oxygens (including phenoxy) is 1. The summed E-state index contributed by atoms with van der Waals surface area (Å²) in [7, 11) is 0. The molecule has 1 aromatic carbocycles. The molecule has 0 atom stereocenters. The average molecular weight is 518 g/mol. The van der Waals surface area contributed by atoms with Gasteiger partial charge in [0.15, 0.2) is 0 Å². The number of carbonyl (C=O) groups excluding carboxylic acids is 1. The molecular formula is C19H15IN6O2S. The molecular weight excluding hydrogens is 503 g/mol. The second kappa shape index (κ2) is 8.33. The summed E-state index contributed by atoms with van der Waals surface area (Å²) in [6, 6.07) is 11.0. The average Bonchev–Trinajstić information content (AvgIpc) is 3.12. The number of nitrogens with zero attached hydrogens (tertiary/aromatic N) is 5. The molecule has 0 spiro atoms. The number of halogens is 1. The van der Waals surface area contributed by atoms with Crippen LogP contribution in [0.3, 0.4) is 0 Å². The molecule has 3 heterocycles. The van der Waals surface area contributed by atoms with E-state index in [1.54, 1.807) is 51.6 Å². The van der Waals surface area contributed by atoms with Crippen molar-refractivity contribution in [3.63, 3.8) is 0 Å². The Morgan fingerprint density at radius 3 is 2.45 bits per heavy atom. The fourth-order valence-corrected chi connectivity index (χ4v) is 4.16. The van der Waals surface area contributed by atoms with Gasteiger partial charge in [0.1, 0.15) is 16.5 Å². The van der Waals surface area contributed by atoms with Gasteiger partial charge < -0.3 is 10.1 Å². The van der Waals surface area contributed by atoms with E-state index in [1.807, 2.05) is 37.4 Å². The van der Waals surface area contributed by atoms with E-state index in [2.05, 4.69) is 25.4 Å². The third kappa shape index (κ3) is 4.17. The van der Waals surface area contributed by atoms with Crippen LogP contribution in [0.15, 0.2) is 53.8 Å². The number of benzene rings is 1. The monoisotopic (exact) mass is 518 g/mol. The normalized spacial score (nSPS) is 10.9. The molecule has 0 radical (unpaired) electrons. The number of rotatable bonds is 6. The topological polar surface area (TPSA) is 94.3 Å². The van der Waals surface area contributed by atoms with Gasteiger partial charge in [0.05, 0.1) is 11.3 Å². The van der Waals surface area contributed by atoms with Crippen molar-refractivity contribution in [2.75, 3.05) is 11.6 Å². The smallest absolute Gasteiger partial charge is 0.255 e. The second-order valence-electron chi connectivity index (χ2n) is 5.94.